The van der Waals surface area contributed by atoms with E-state index in [9.17, 15) is 9.90 Å². The second-order valence-corrected chi connectivity index (χ2v) is 4.41. The minimum atomic E-state index is -0.481. The predicted octanol–water partition coefficient (Wildman–Crippen LogP) is 2.13. The summed E-state index contributed by atoms with van der Waals surface area (Å²) in [4.78, 5) is 14.6. The second kappa shape index (κ2) is 5.79. The average molecular weight is 285 g/mol. The molecule has 0 aromatic heterocycles. The number of carbonyl (C=O) groups is 1. The molecule has 0 radical (unpaired) electrons. The van der Waals surface area contributed by atoms with Crippen LogP contribution in [0, 0.1) is 12.3 Å². The first-order chi connectivity index (χ1) is 8.81. The fourth-order valence-corrected chi connectivity index (χ4v) is 2.09. The van der Waals surface area contributed by atoms with Gasteiger partial charge in [-0.1, -0.05) is 17.7 Å². The fraction of sp³-hybridized carbons (Fsp3) is 0.333. The predicted molar refractivity (Wildman–Crippen MR) is 75.9 cm³/mol. The number of urea groups is 1. The number of guanidine groups is 1. The van der Waals surface area contributed by atoms with E-state index < -0.39 is 6.03 Å². The lowest BCUT2D eigenvalue weighted by atomic mass is 10.2. The van der Waals surface area contributed by atoms with Crippen LogP contribution in [0.4, 0.5) is 10.5 Å². The van der Waals surface area contributed by atoms with Crippen LogP contribution in [-0.4, -0.2) is 35.6 Å². The normalized spacial score (nSPS) is 10.1. The van der Waals surface area contributed by atoms with Gasteiger partial charge in [-0.05, 0) is 25.5 Å². The van der Waals surface area contributed by atoms with Crippen molar-refractivity contribution >= 4 is 29.3 Å². The van der Waals surface area contributed by atoms with Gasteiger partial charge in [-0.3, -0.25) is 15.2 Å². The highest BCUT2D eigenvalue weighted by molar-refractivity contribution is 6.35. The highest BCUT2D eigenvalue weighted by atomic mass is 35.5. The van der Waals surface area contributed by atoms with Gasteiger partial charge in [0.25, 0.3) is 0 Å². The second-order valence-electron chi connectivity index (χ2n) is 4.04. The summed E-state index contributed by atoms with van der Waals surface area (Å²) in [5, 5.41) is 17.1. The third-order valence-corrected chi connectivity index (χ3v) is 3.13. The molecule has 0 heterocycles. The molecule has 1 aromatic rings. The van der Waals surface area contributed by atoms with Crippen LogP contribution >= 0.6 is 11.6 Å². The van der Waals surface area contributed by atoms with E-state index >= 15 is 0 Å². The number of hydrogen-bond donors (Lipinski definition) is 3. The Morgan fingerprint density at radius 3 is 2.58 bits per heavy atom. The smallest absolute Gasteiger partial charge is 0.331 e. The number of benzene rings is 1. The Labute approximate surface area is 116 Å². The first-order valence-electron chi connectivity index (χ1n) is 5.68. The molecule has 0 aliphatic carbocycles. The molecular weight excluding hydrogens is 268 g/mol. The number of aromatic hydroxyl groups is 1. The van der Waals surface area contributed by atoms with E-state index in [1.807, 2.05) is 0 Å². The first kappa shape index (κ1) is 15.1. The molecule has 0 aliphatic heterocycles. The van der Waals surface area contributed by atoms with Crippen LogP contribution in [0.25, 0.3) is 0 Å². The van der Waals surface area contributed by atoms with Gasteiger partial charge in [-0.25, -0.2) is 4.79 Å². The maximum absolute atomic E-state index is 12.2. The molecule has 104 valence electrons. The number of halogens is 1. The zero-order valence-corrected chi connectivity index (χ0v) is 11.8. The van der Waals surface area contributed by atoms with Gasteiger partial charge in [0, 0.05) is 13.6 Å². The lowest BCUT2D eigenvalue weighted by molar-refractivity contribution is 0.229. The largest absolute Gasteiger partial charge is 0.506 e. The van der Waals surface area contributed by atoms with Crippen LogP contribution in [-0.2, 0) is 0 Å². The Morgan fingerprint density at radius 2 is 2.11 bits per heavy atom. The lowest BCUT2D eigenvalue weighted by Gasteiger charge is -2.27. The van der Waals surface area contributed by atoms with Gasteiger partial charge in [0.1, 0.15) is 10.8 Å². The summed E-state index contributed by atoms with van der Waals surface area (Å²) >= 11 is 6.02. The van der Waals surface area contributed by atoms with E-state index in [1.165, 1.54) is 18.0 Å². The number of aryl methyl sites for hydroxylation is 1. The number of rotatable bonds is 2. The van der Waals surface area contributed by atoms with Crippen molar-refractivity contribution in [1.29, 1.82) is 5.41 Å². The van der Waals surface area contributed by atoms with E-state index in [0.717, 1.165) is 10.5 Å². The number of phenols is 1. The molecule has 0 saturated carbocycles. The number of anilines is 1. The monoisotopic (exact) mass is 284 g/mol. The Bertz CT molecular complexity index is 519. The summed E-state index contributed by atoms with van der Waals surface area (Å²) in [6, 6.07) is 2.64. The summed E-state index contributed by atoms with van der Waals surface area (Å²) in [5.74, 6) is -0.443. The molecule has 4 N–H and O–H groups in total. The van der Waals surface area contributed by atoms with Crippen molar-refractivity contribution in [2.75, 3.05) is 18.5 Å². The molecule has 0 aliphatic rings. The molecule has 1 aromatic carbocycles. The molecule has 1 rings (SSSR count). The Kier molecular flexibility index (Phi) is 4.61. The molecule has 19 heavy (non-hydrogen) atoms. The van der Waals surface area contributed by atoms with Crippen LogP contribution in [0.1, 0.15) is 12.5 Å². The summed E-state index contributed by atoms with van der Waals surface area (Å²) in [7, 11) is 1.52. The third kappa shape index (κ3) is 2.90. The van der Waals surface area contributed by atoms with Crippen molar-refractivity contribution in [3.8, 4) is 5.75 Å². The third-order valence-electron chi connectivity index (χ3n) is 2.76. The highest BCUT2D eigenvalue weighted by Crippen LogP contribution is 2.36. The number of hydrogen-bond acceptors (Lipinski definition) is 3. The van der Waals surface area contributed by atoms with Crippen molar-refractivity contribution in [1.82, 2.24) is 4.90 Å². The molecule has 7 heteroatoms. The van der Waals surface area contributed by atoms with Gasteiger partial charge in [0.15, 0.2) is 5.96 Å². The van der Waals surface area contributed by atoms with E-state index in [2.05, 4.69) is 0 Å². The Morgan fingerprint density at radius 1 is 1.53 bits per heavy atom. The number of amides is 2. The van der Waals surface area contributed by atoms with Crippen LogP contribution in [0.3, 0.4) is 0 Å². The van der Waals surface area contributed by atoms with Crippen LogP contribution < -0.4 is 10.6 Å². The molecule has 0 saturated heterocycles. The summed E-state index contributed by atoms with van der Waals surface area (Å²) in [6.45, 7) is 3.76. The maximum atomic E-state index is 12.2. The maximum Gasteiger partial charge on any atom is 0.331 e. The molecule has 6 nitrogen and oxygen atoms in total. The molecule has 0 bridgehead atoms. The lowest BCUT2D eigenvalue weighted by Crippen LogP contribution is -2.47. The minimum absolute atomic E-state index is 0.0930. The van der Waals surface area contributed by atoms with E-state index in [0.29, 0.717) is 5.69 Å². The molecule has 0 unspecified atom stereocenters. The van der Waals surface area contributed by atoms with Gasteiger partial charge >= 0.3 is 6.03 Å². The minimum Gasteiger partial charge on any atom is -0.506 e. The van der Waals surface area contributed by atoms with E-state index in [4.69, 9.17) is 22.7 Å². The highest BCUT2D eigenvalue weighted by Gasteiger charge is 2.23. The molecule has 0 spiro atoms. The van der Waals surface area contributed by atoms with Crippen molar-refractivity contribution in [3.63, 3.8) is 0 Å². The zero-order chi connectivity index (χ0) is 14.7. The standard InChI is InChI=1S/C12H17ClN4O2/c1-4-17(11(14)15)12(19)16(3)10-7(2)5-6-8(18)9(10)13/h5-6,18H,4H2,1-3H3,(H3,14,15). The first-order valence-corrected chi connectivity index (χ1v) is 6.06. The van der Waals surface area contributed by atoms with E-state index in [1.54, 1.807) is 19.9 Å². The van der Waals surface area contributed by atoms with Crippen LogP contribution in [0.2, 0.25) is 5.02 Å². The number of nitrogens with one attached hydrogen (secondary N) is 1. The van der Waals surface area contributed by atoms with Crippen molar-refractivity contribution in [2.24, 2.45) is 5.73 Å². The van der Waals surface area contributed by atoms with Gasteiger partial charge in [-0.2, -0.15) is 0 Å². The van der Waals surface area contributed by atoms with Gasteiger partial charge in [0.2, 0.25) is 0 Å². The van der Waals surface area contributed by atoms with Gasteiger partial charge in [0.05, 0.1) is 5.69 Å². The number of carbonyl (C=O) groups excluding carboxylic acids is 1. The average Bonchev–Trinajstić information content (AvgIpc) is 2.34. The number of nitrogens with zero attached hydrogens (tertiary/aromatic N) is 2. The molecular formula is C12H17ClN4O2. The summed E-state index contributed by atoms with van der Waals surface area (Å²) in [6.07, 6.45) is 0. The molecule has 0 fully saturated rings. The van der Waals surface area contributed by atoms with Crippen LogP contribution in [0.15, 0.2) is 12.1 Å². The van der Waals surface area contributed by atoms with Gasteiger partial charge in [-0.15, -0.1) is 0 Å². The Balaban J connectivity index is 3.20. The molecule has 2 amide bonds. The topological polar surface area (TPSA) is 93.7 Å². The van der Waals surface area contributed by atoms with Crippen molar-refractivity contribution in [3.05, 3.63) is 22.7 Å². The Hall–Kier alpha value is -1.95. The zero-order valence-electron chi connectivity index (χ0n) is 11.1. The van der Waals surface area contributed by atoms with Crippen LogP contribution in [0.5, 0.6) is 5.75 Å². The van der Waals surface area contributed by atoms with E-state index in [-0.39, 0.29) is 23.3 Å². The SMILES string of the molecule is CCN(C(=N)N)C(=O)N(C)c1c(C)ccc(O)c1Cl. The number of nitrogens with two attached hydrogens (primary N) is 1. The summed E-state index contributed by atoms with van der Waals surface area (Å²) in [5.41, 5.74) is 6.48. The van der Waals surface area contributed by atoms with Gasteiger partial charge < -0.3 is 10.8 Å². The number of phenolic OH excluding ortho intramolecular Hbond substituents is 1. The fourth-order valence-electron chi connectivity index (χ4n) is 1.75. The quantitative estimate of drug-likeness (QED) is 0.573. The van der Waals surface area contributed by atoms with Crippen molar-refractivity contribution < 1.29 is 9.90 Å². The summed E-state index contributed by atoms with van der Waals surface area (Å²) < 4.78 is 0. The molecule has 0 atom stereocenters. The van der Waals surface area contributed by atoms with Crippen molar-refractivity contribution in [2.45, 2.75) is 13.8 Å².